The van der Waals surface area contributed by atoms with Crippen molar-refractivity contribution in [2.75, 3.05) is 11.1 Å². The molecular formula is C23H25ClN6OS. The van der Waals surface area contributed by atoms with Crippen molar-refractivity contribution in [3.05, 3.63) is 52.5 Å². The zero-order chi connectivity index (χ0) is 22.9. The van der Waals surface area contributed by atoms with E-state index in [1.165, 1.54) is 11.3 Å². The third kappa shape index (κ3) is 5.08. The molecule has 32 heavy (non-hydrogen) atoms. The number of fused-ring (bicyclic) bond motifs is 1. The summed E-state index contributed by atoms with van der Waals surface area (Å²) in [6.07, 6.45) is 2.79. The lowest BCUT2D eigenvalue weighted by atomic mass is 9.92. The van der Waals surface area contributed by atoms with Crippen LogP contribution in [0.5, 0.6) is 0 Å². The van der Waals surface area contributed by atoms with Crippen LogP contribution in [0.4, 0.5) is 11.9 Å². The number of carbonyl (C=O) groups excluding carboxylic acids is 1. The van der Waals surface area contributed by atoms with Gasteiger partial charge < -0.3 is 10.3 Å². The van der Waals surface area contributed by atoms with E-state index in [9.17, 15) is 4.79 Å². The molecule has 4 rings (SSSR count). The van der Waals surface area contributed by atoms with E-state index < -0.39 is 0 Å². The maximum absolute atomic E-state index is 12.9. The summed E-state index contributed by atoms with van der Waals surface area (Å²) in [6.45, 7) is 7.30. The number of nitrogens with one attached hydrogen (secondary N) is 1. The van der Waals surface area contributed by atoms with Gasteiger partial charge in [0.15, 0.2) is 0 Å². The molecule has 1 aromatic carbocycles. The number of rotatable bonds is 6. The van der Waals surface area contributed by atoms with Crippen molar-refractivity contribution in [2.24, 2.45) is 5.41 Å². The molecule has 0 saturated heterocycles. The molecule has 0 atom stereocenters. The van der Waals surface area contributed by atoms with Crippen LogP contribution in [0.3, 0.4) is 0 Å². The van der Waals surface area contributed by atoms with Crippen molar-refractivity contribution in [1.29, 1.82) is 0 Å². The lowest BCUT2D eigenvalue weighted by Crippen LogP contribution is -2.19. The van der Waals surface area contributed by atoms with Gasteiger partial charge in [0, 0.05) is 17.6 Å². The molecule has 3 N–H and O–H groups in total. The second kappa shape index (κ2) is 8.88. The Hall–Kier alpha value is -2.97. The minimum absolute atomic E-state index is 0.135. The number of hydrogen-bond donors (Lipinski definition) is 2. The van der Waals surface area contributed by atoms with Crippen molar-refractivity contribution in [2.45, 2.75) is 40.2 Å². The summed E-state index contributed by atoms with van der Waals surface area (Å²) < 4.78 is 2.04. The largest absolute Gasteiger partial charge is 0.368 e. The van der Waals surface area contributed by atoms with Gasteiger partial charge in [-0.3, -0.25) is 10.1 Å². The Bertz CT molecular complexity index is 1270. The monoisotopic (exact) mass is 468 g/mol. The molecule has 0 unspecified atom stereocenters. The van der Waals surface area contributed by atoms with Crippen LogP contribution < -0.4 is 11.1 Å². The van der Waals surface area contributed by atoms with Gasteiger partial charge in [0.1, 0.15) is 5.52 Å². The third-order valence-electron chi connectivity index (χ3n) is 4.99. The molecule has 3 heterocycles. The number of para-hydroxylation sites is 1. The second-order valence-electron chi connectivity index (χ2n) is 8.80. The van der Waals surface area contributed by atoms with Crippen LogP contribution in [0.25, 0.3) is 21.6 Å². The third-order valence-corrected chi connectivity index (χ3v) is 6.40. The first-order chi connectivity index (χ1) is 15.2. The fraction of sp³-hybridized carbons (Fsp3) is 0.304. The number of nitrogens with two attached hydrogens (primary N) is 1. The van der Waals surface area contributed by atoms with Gasteiger partial charge in [-0.15, -0.1) is 11.3 Å². The van der Waals surface area contributed by atoms with Crippen LogP contribution in [0, 0.1) is 5.41 Å². The SMILES string of the molecule is CC(C)(C)CCn1c(NC(=O)Cc2ccc(-c3ccnc(N)n3)s2)nc2c(Cl)cccc21. The number of nitrogen functional groups attached to an aromatic ring is 1. The minimum atomic E-state index is -0.135. The number of halogens is 1. The predicted octanol–water partition coefficient (Wildman–Crippen LogP) is 5.41. The molecule has 0 radical (unpaired) electrons. The molecule has 9 heteroatoms. The van der Waals surface area contributed by atoms with E-state index in [0.717, 1.165) is 33.9 Å². The van der Waals surface area contributed by atoms with E-state index in [-0.39, 0.29) is 23.7 Å². The molecule has 4 aromatic rings. The lowest BCUT2D eigenvalue weighted by molar-refractivity contribution is -0.115. The number of hydrogen-bond acceptors (Lipinski definition) is 6. The van der Waals surface area contributed by atoms with Gasteiger partial charge in [0.2, 0.25) is 17.8 Å². The summed E-state index contributed by atoms with van der Waals surface area (Å²) in [7, 11) is 0. The van der Waals surface area contributed by atoms with Crippen molar-refractivity contribution < 1.29 is 4.79 Å². The first kappa shape index (κ1) is 22.2. The number of thiophene rings is 1. The van der Waals surface area contributed by atoms with E-state index in [1.54, 1.807) is 12.3 Å². The van der Waals surface area contributed by atoms with E-state index in [0.29, 0.717) is 16.5 Å². The van der Waals surface area contributed by atoms with Crippen LogP contribution in [0.1, 0.15) is 32.1 Å². The molecule has 0 fully saturated rings. The molecule has 3 aromatic heterocycles. The number of anilines is 2. The Balaban J connectivity index is 1.54. The molecule has 7 nitrogen and oxygen atoms in total. The normalized spacial score (nSPS) is 11.8. The second-order valence-corrected chi connectivity index (χ2v) is 10.4. The summed E-state index contributed by atoms with van der Waals surface area (Å²) in [5.74, 6) is 0.606. The fourth-order valence-corrected chi connectivity index (χ4v) is 4.52. The van der Waals surface area contributed by atoms with E-state index >= 15 is 0 Å². The Labute approximate surface area is 195 Å². The highest BCUT2D eigenvalue weighted by Gasteiger charge is 2.18. The smallest absolute Gasteiger partial charge is 0.231 e. The molecule has 0 aliphatic carbocycles. The van der Waals surface area contributed by atoms with Crippen molar-refractivity contribution >= 4 is 51.8 Å². The number of benzene rings is 1. The summed E-state index contributed by atoms with van der Waals surface area (Å²) >= 11 is 7.87. The van der Waals surface area contributed by atoms with Crippen molar-refractivity contribution in [3.8, 4) is 10.6 Å². The van der Waals surface area contributed by atoms with Gasteiger partial charge in [-0.2, -0.15) is 0 Å². The van der Waals surface area contributed by atoms with Gasteiger partial charge in [0.25, 0.3) is 0 Å². The average Bonchev–Trinajstić information content (AvgIpc) is 3.31. The molecule has 0 saturated carbocycles. The predicted molar refractivity (Wildman–Crippen MR) is 131 cm³/mol. The van der Waals surface area contributed by atoms with Crippen LogP contribution in [-0.2, 0) is 17.8 Å². The van der Waals surface area contributed by atoms with Gasteiger partial charge in [-0.1, -0.05) is 38.4 Å². The Kier molecular flexibility index (Phi) is 6.17. The number of imidazole rings is 1. The fourth-order valence-electron chi connectivity index (χ4n) is 3.33. The highest BCUT2D eigenvalue weighted by atomic mass is 35.5. The average molecular weight is 469 g/mol. The first-order valence-corrected chi connectivity index (χ1v) is 11.5. The van der Waals surface area contributed by atoms with Crippen LogP contribution in [-0.4, -0.2) is 25.4 Å². The van der Waals surface area contributed by atoms with E-state index in [1.807, 2.05) is 34.9 Å². The molecular weight excluding hydrogens is 444 g/mol. The maximum Gasteiger partial charge on any atom is 0.231 e. The van der Waals surface area contributed by atoms with Gasteiger partial charge in [-0.25, -0.2) is 15.0 Å². The van der Waals surface area contributed by atoms with Crippen LogP contribution in [0.15, 0.2) is 42.6 Å². The molecule has 166 valence electrons. The molecule has 0 aliphatic rings. The first-order valence-electron chi connectivity index (χ1n) is 10.3. The Morgan fingerprint density at radius 3 is 2.75 bits per heavy atom. The Morgan fingerprint density at radius 1 is 1.19 bits per heavy atom. The topological polar surface area (TPSA) is 98.7 Å². The van der Waals surface area contributed by atoms with E-state index in [2.05, 4.69) is 41.0 Å². The maximum atomic E-state index is 12.9. The quantitative estimate of drug-likeness (QED) is 0.394. The molecule has 0 bridgehead atoms. The van der Waals surface area contributed by atoms with Gasteiger partial charge in [0.05, 0.1) is 27.5 Å². The number of aryl methyl sites for hydroxylation is 1. The number of aromatic nitrogens is 4. The number of carbonyl (C=O) groups is 1. The van der Waals surface area contributed by atoms with Gasteiger partial charge in [-0.05, 0) is 42.2 Å². The lowest BCUT2D eigenvalue weighted by Gasteiger charge is -2.19. The number of amides is 1. The molecule has 0 aliphatic heterocycles. The van der Waals surface area contributed by atoms with E-state index in [4.69, 9.17) is 17.3 Å². The summed E-state index contributed by atoms with van der Waals surface area (Å²) in [5.41, 5.74) is 8.17. The van der Waals surface area contributed by atoms with Crippen LogP contribution >= 0.6 is 22.9 Å². The minimum Gasteiger partial charge on any atom is -0.368 e. The van der Waals surface area contributed by atoms with Crippen molar-refractivity contribution in [1.82, 2.24) is 19.5 Å². The zero-order valence-corrected chi connectivity index (χ0v) is 19.8. The zero-order valence-electron chi connectivity index (χ0n) is 18.2. The highest BCUT2D eigenvalue weighted by Crippen LogP contribution is 2.30. The van der Waals surface area contributed by atoms with Gasteiger partial charge >= 0.3 is 0 Å². The molecule has 0 spiro atoms. The Morgan fingerprint density at radius 2 is 2.00 bits per heavy atom. The van der Waals surface area contributed by atoms with Crippen molar-refractivity contribution in [3.63, 3.8) is 0 Å². The van der Waals surface area contributed by atoms with Crippen LogP contribution in [0.2, 0.25) is 5.02 Å². The summed E-state index contributed by atoms with van der Waals surface area (Å²) in [5, 5.41) is 3.55. The summed E-state index contributed by atoms with van der Waals surface area (Å²) in [4.78, 5) is 27.5. The standard InChI is InChI=1S/C23H25ClN6OS/c1-23(2,3)10-12-30-17-6-4-5-15(24)20(17)29-22(30)28-19(31)13-14-7-8-18(32-14)16-9-11-26-21(25)27-16/h4-9,11H,10,12-13H2,1-3H3,(H2,25,26,27)(H,28,29,31). The number of nitrogens with zero attached hydrogens (tertiary/aromatic N) is 4. The summed E-state index contributed by atoms with van der Waals surface area (Å²) in [6, 6.07) is 11.4. The highest BCUT2D eigenvalue weighted by molar-refractivity contribution is 7.15. The molecule has 1 amide bonds.